The standard InChI is InChI=1S/C24H20N2O4/c27-21-9-5-4-8-18(21)15-25-22(28)17-10-11-19-20(14-17)24(30)26(23(19)29)13-12-16-6-2-1-3-7-16/h1-11,14,27H,12-13,15H2,(H,25,28). The van der Waals surface area contributed by atoms with Crippen molar-refractivity contribution in [2.75, 3.05) is 6.54 Å². The fraction of sp³-hybridized carbons (Fsp3) is 0.125. The third-order valence-corrected chi connectivity index (χ3v) is 5.13. The van der Waals surface area contributed by atoms with Gasteiger partial charge in [0.2, 0.25) is 0 Å². The first-order chi connectivity index (χ1) is 14.5. The molecule has 150 valence electrons. The molecular formula is C24H20N2O4. The predicted octanol–water partition coefficient (Wildman–Crippen LogP) is 3.16. The first-order valence-electron chi connectivity index (χ1n) is 9.64. The number of nitrogens with one attached hydrogen (secondary N) is 1. The van der Waals surface area contributed by atoms with Gasteiger partial charge in [-0.3, -0.25) is 19.3 Å². The third kappa shape index (κ3) is 3.80. The van der Waals surface area contributed by atoms with Crippen molar-refractivity contribution in [2.24, 2.45) is 0 Å². The second-order valence-corrected chi connectivity index (χ2v) is 7.07. The van der Waals surface area contributed by atoms with Crippen LogP contribution in [0.2, 0.25) is 0 Å². The quantitative estimate of drug-likeness (QED) is 0.623. The summed E-state index contributed by atoms with van der Waals surface area (Å²) in [7, 11) is 0. The van der Waals surface area contributed by atoms with Crippen LogP contribution >= 0.6 is 0 Å². The summed E-state index contributed by atoms with van der Waals surface area (Å²) in [5.41, 5.74) is 2.47. The molecule has 0 saturated carbocycles. The Morgan fingerprint density at radius 1 is 0.867 bits per heavy atom. The molecule has 30 heavy (non-hydrogen) atoms. The Morgan fingerprint density at radius 3 is 2.33 bits per heavy atom. The van der Waals surface area contributed by atoms with E-state index in [0.717, 1.165) is 5.56 Å². The highest BCUT2D eigenvalue weighted by atomic mass is 16.3. The summed E-state index contributed by atoms with van der Waals surface area (Å²) in [5, 5.41) is 12.5. The van der Waals surface area contributed by atoms with E-state index in [0.29, 0.717) is 17.5 Å². The molecule has 6 heteroatoms. The van der Waals surface area contributed by atoms with E-state index in [1.54, 1.807) is 24.3 Å². The molecule has 1 heterocycles. The summed E-state index contributed by atoms with van der Waals surface area (Å²) in [6, 6.07) is 20.9. The zero-order valence-corrected chi connectivity index (χ0v) is 16.2. The maximum atomic E-state index is 12.8. The van der Waals surface area contributed by atoms with E-state index in [1.807, 2.05) is 30.3 Å². The molecule has 1 aliphatic heterocycles. The zero-order chi connectivity index (χ0) is 21.1. The fourth-order valence-electron chi connectivity index (χ4n) is 3.46. The molecule has 0 aliphatic carbocycles. The highest BCUT2D eigenvalue weighted by Gasteiger charge is 2.35. The molecule has 3 aromatic rings. The Morgan fingerprint density at radius 2 is 1.57 bits per heavy atom. The second kappa shape index (κ2) is 8.21. The number of amides is 3. The molecule has 0 radical (unpaired) electrons. The molecule has 1 aliphatic rings. The SMILES string of the molecule is O=C(NCc1ccccc1O)c1ccc2c(c1)C(=O)N(CCc1ccccc1)C2=O. The highest BCUT2D eigenvalue weighted by Crippen LogP contribution is 2.24. The summed E-state index contributed by atoms with van der Waals surface area (Å²) >= 11 is 0. The summed E-state index contributed by atoms with van der Waals surface area (Å²) in [6.45, 7) is 0.434. The van der Waals surface area contributed by atoms with E-state index >= 15 is 0 Å². The molecule has 3 aromatic carbocycles. The van der Waals surface area contributed by atoms with Gasteiger partial charge in [0, 0.05) is 24.2 Å². The molecule has 0 spiro atoms. The number of hydrogen-bond donors (Lipinski definition) is 2. The molecule has 0 saturated heterocycles. The van der Waals surface area contributed by atoms with Gasteiger partial charge in [0.25, 0.3) is 17.7 Å². The number of carbonyl (C=O) groups is 3. The lowest BCUT2D eigenvalue weighted by molar-refractivity contribution is 0.0656. The number of para-hydroxylation sites is 1. The number of imide groups is 1. The van der Waals surface area contributed by atoms with Crippen LogP contribution in [0.3, 0.4) is 0 Å². The number of rotatable bonds is 6. The molecule has 6 nitrogen and oxygen atoms in total. The van der Waals surface area contributed by atoms with E-state index in [9.17, 15) is 19.5 Å². The van der Waals surface area contributed by atoms with Gasteiger partial charge in [0.05, 0.1) is 11.1 Å². The highest BCUT2D eigenvalue weighted by molar-refractivity contribution is 6.22. The topological polar surface area (TPSA) is 86.7 Å². The van der Waals surface area contributed by atoms with E-state index in [-0.39, 0.29) is 47.7 Å². The number of phenols is 1. The monoisotopic (exact) mass is 400 g/mol. The van der Waals surface area contributed by atoms with Crippen molar-refractivity contribution in [1.29, 1.82) is 0 Å². The first-order valence-corrected chi connectivity index (χ1v) is 9.64. The van der Waals surface area contributed by atoms with Gasteiger partial charge in [0.1, 0.15) is 5.75 Å². The molecule has 0 aromatic heterocycles. The van der Waals surface area contributed by atoms with Crippen LogP contribution in [0.25, 0.3) is 0 Å². The first kappa shape index (κ1) is 19.4. The van der Waals surface area contributed by atoms with Crippen molar-refractivity contribution in [3.63, 3.8) is 0 Å². The number of phenolic OH excluding ortho intramolecular Hbond substituents is 1. The van der Waals surface area contributed by atoms with Gasteiger partial charge >= 0.3 is 0 Å². The van der Waals surface area contributed by atoms with Crippen molar-refractivity contribution in [3.8, 4) is 5.75 Å². The van der Waals surface area contributed by atoms with Crippen LogP contribution in [0.5, 0.6) is 5.75 Å². The van der Waals surface area contributed by atoms with Crippen LogP contribution in [0.15, 0.2) is 72.8 Å². The van der Waals surface area contributed by atoms with E-state index < -0.39 is 0 Å². The number of nitrogens with zero attached hydrogens (tertiary/aromatic N) is 1. The van der Waals surface area contributed by atoms with Crippen molar-refractivity contribution in [1.82, 2.24) is 10.2 Å². The third-order valence-electron chi connectivity index (χ3n) is 5.13. The maximum absolute atomic E-state index is 12.8. The number of fused-ring (bicyclic) bond motifs is 1. The number of carbonyl (C=O) groups excluding carboxylic acids is 3. The molecule has 4 rings (SSSR count). The summed E-state index contributed by atoms with van der Waals surface area (Å²) in [6.07, 6.45) is 0.570. The molecular weight excluding hydrogens is 380 g/mol. The van der Waals surface area contributed by atoms with Crippen LogP contribution in [-0.4, -0.2) is 34.3 Å². The van der Waals surface area contributed by atoms with Crippen LogP contribution < -0.4 is 5.32 Å². The van der Waals surface area contributed by atoms with Crippen LogP contribution in [0.1, 0.15) is 42.2 Å². The van der Waals surface area contributed by atoms with E-state index in [1.165, 1.54) is 23.1 Å². The van der Waals surface area contributed by atoms with Gasteiger partial charge in [-0.1, -0.05) is 48.5 Å². The maximum Gasteiger partial charge on any atom is 0.261 e. The van der Waals surface area contributed by atoms with Crippen LogP contribution in [0, 0.1) is 0 Å². The van der Waals surface area contributed by atoms with Gasteiger partial charge < -0.3 is 10.4 Å². The minimum absolute atomic E-state index is 0.0987. The van der Waals surface area contributed by atoms with Gasteiger partial charge in [-0.2, -0.15) is 0 Å². The lowest BCUT2D eigenvalue weighted by Crippen LogP contribution is -2.31. The Bertz CT molecular complexity index is 1130. The molecule has 2 N–H and O–H groups in total. The normalized spacial score (nSPS) is 12.7. The molecule has 3 amide bonds. The Kier molecular flexibility index (Phi) is 5.30. The second-order valence-electron chi connectivity index (χ2n) is 7.07. The number of aromatic hydroxyl groups is 1. The average molecular weight is 400 g/mol. The number of hydrogen-bond acceptors (Lipinski definition) is 4. The summed E-state index contributed by atoms with van der Waals surface area (Å²) in [5.74, 6) is -1.01. The van der Waals surface area contributed by atoms with Gasteiger partial charge in [-0.05, 0) is 36.2 Å². The smallest absolute Gasteiger partial charge is 0.261 e. The molecule has 0 fully saturated rings. The molecule has 0 unspecified atom stereocenters. The largest absolute Gasteiger partial charge is 0.508 e. The van der Waals surface area contributed by atoms with Crippen molar-refractivity contribution >= 4 is 17.7 Å². The van der Waals surface area contributed by atoms with Crippen LogP contribution in [-0.2, 0) is 13.0 Å². The minimum atomic E-state index is -0.388. The molecule has 0 bridgehead atoms. The van der Waals surface area contributed by atoms with Gasteiger partial charge in [0.15, 0.2) is 0 Å². The fourth-order valence-corrected chi connectivity index (χ4v) is 3.46. The van der Waals surface area contributed by atoms with E-state index in [4.69, 9.17) is 0 Å². The van der Waals surface area contributed by atoms with Crippen LogP contribution in [0.4, 0.5) is 0 Å². The minimum Gasteiger partial charge on any atom is -0.508 e. The summed E-state index contributed by atoms with van der Waals surface area (Å²) < 4.78 is 0. The average Bonchev–Trinajstić information content (AvgIpc) is 3.01. The Hall–Kier alpha value is -3.93. The molecule has 0 atom stereocenters. The van der Waals surface area contributed by atoms with E-state index in [2.05, 4.69) is 5.32 Å². The van der Waals surface area contributed by atoms with Gasteiger partial charge in [-0.25, -0.2) is 0 Å². The Balaban J connectivity index is 1.46. The lowest BCUT2D eigenvalue weighted by Gasteiger charge is -2.13. The van der Waals surface area contributed by atoms with Crippen molar-refractivity contribution in [3.05, 3.63) is 101 Å². The lowest BCUT2D eigenvalue weighted by atomic mass is 10.1. The summed E-state index contributed by atoms with van der Waals surface area (Å²) in [4.78, 5) is 39.1. The predicted molar refractivity (Wildman–Crippen MR) is 111 cm³/mol. The zero-order valence-electron chi connectivity index (χ0n) is 16.2. The number of benzene rings is 3. The van der Waals surface area contributed by atoms with Gasteiger partial charge in [-0.15, -0.1) is 0 Å². The van der Waals surface area contributed by atoms with Crippen molar-refractivity contribution in [2.45, 2.75) is 13.0 Å². The Labute approximate surface area is 173 Å². The van der Waals surface area contributed by atoms with Crippen molar-refractivity contribution < 1.29 is 19.5 Å².